The number of benzene rings is 1. The lowest BCUT2D eigenvalue weighted by Gasteiger charge is -2.23. The van der Waals surface area contributed by atoms with Crippen LogP contribution >= 0.6 is 12.4 Å². The van der Waals surface area contributed by atoms with Crippen LogP contribution in [0.15, 0.2) is 29.1 Å². The van der Waals surface area contributed by atoms with Crippen LogP contribution in [0.1, 0.15) is 24.5 Å². The number of hydrogen-bond acceptors (Lipinski definition) is 3. The molecule has 116 valence electrons. The average Bonchev–Trinajstić information content (AvgIpc) is 2.88. The zero-order chi connectivity index (χ0) is 14.4. The van der Waals surface area contributed by atoms with Crippen molar-refractivity contribution < 1.29 is 4.39 Å². The Bertz CT molecular complexity index is 882. The summed E-state index contributed by atoms with van der Waals surface area (Å²) in [5, 5.41) is 8.33. The molecule has 3 heterocycles. The minimum Gasteiger partial charge on any atom is -0.317 e. The van der Waals surface area contributed by atoms with Crippen LogP contribution in [0.25, 0.3) is 16.6 Å². The highest BCUT2D eigenvalue weighted by atomic mass is 35.5. The van der Waals surface area contributed by atoms with Gasteiger partial charge in [0, 0.05) is 17.4 Å². The fourth-order valence-electron chi connectivity index (χ4n) is 3.14. The van der Waals surface area contributed by atoms with Gasteiger partial charge in [-0.05, 0) is 38.1 Å². The van der Waals surface area contributed by atoms with Gasteiger partial charge in [-0.15, -0.1) is 12.4 Å². The van der Waals surface area contributed by atoms with E-state index in [4.69, 9.17) is 0 Å². The van der Waals surface area contributed by atoms with Crippen LogP contribution in [0, 0.1) is 5.82 Å². The maximum Gasteiger partial charge on any atom is 0.251 e. The fraction of sp³-hybridized carbons (Fsp3) is 0.333. The van der Waals surface area contributed by atoms with E-state index in [0.717, 1.165) is 31.6 Å². The van der Waals surface area contributed by atoms with Gasteiger partial charge in [-0.2, -0.15) is 5.10 Å². The smallest absolute Gasteiger partial charge is 0.251 e. The van der Waals surface area contributed by atoms with Crippen LogP contribution in [-0.2, 0) is 0 Å². The Morgan fingerprint density at radius 1 is 1.27 bits per heavy atom. The van der Waals surface area contributed by atoms with E-state index in [1.807, 2.05) is 0 Å². The molecule has 3 aromatic rings. The molecule has 0 aliphatic carbocycles. The Morgan fingerprint density at radius 2 is 2.05 bits per heavy atom. The highest BCUT2D eigenvalue weighted by Crippen LogP contribution is 2.27. The first kappa shape index (κ1) is 15.0. The van der Waals surface area contributed by atoms with Gasteiger partial charge < -0.3 is 10.3 Å². The summed E-state index contributed by atoms with van der Waals surface area (Å²) in [4.78, 5) is 14.7. The first-order valence-electron chi connectivity index (χ1n) is 7.15. The number of halogens is 2. The molecule has 4 rings (SSSR count). The Morgan fingerprint density at radius 3 is 2.82 bits per heavy atom. The first-order valence-corrected chi connectivity index (χ1v) is 7.15. The van der Waals surface area contributed by atoms with Gasteiger partial charge in [0.15, 0.2) is 5.82 Å². The maximum absolute atomic E-state index is 13.9. The van der Waals surface area contributed by atoms with Crippen molar-refractivity contribution in [1.29, 1.82) is 0 Å². The molecule has 22 heavy (non-hydrogen) atoms. The third-order valence-electron chi connectivity index (χ3n) is 4.18. The summed E-state index contributed by atoms with van der Waals surface area (Å²) in [6, 6.07) is 6.39. The quantitative estimate of drug-likeness (QED) is 0.722. The molecular formula is C15H16ClFN4O. The van der Waals surface area contributed by atoms with E-state index in [1.165, 1.54) is 6.07 Å². The molecular weight excluding hydrogens is 307 g/mol. The first-order chi connectivity index (χ1) is 10.2. The van der Waals surface area contributed by atoms with Gasteiger partial charge in [0.25, 0.3) is 5.56 Å². The van der Waals surface area contributed by atoms with Gasteiger partial charge in [0.05, 0.1) is 5.69 Å². The second kappa shape index (κ2) is 5.70. The Kier molecular flexibility index (Phi) is 3.88. The minimum absolute atomic E-state index is 0. The maximum atomic E-state index is 13.9. The molecule has 1 saturated heterocycles. The lowest BCUT2D eigenvalue weighted by Crippen LogP contribution is -2.28. The van der Waals surface area contributed by atoms with E-state index in [0.29, 0.717) is 16.6 Å². The van der Waals surface area contributed by atoms with Crippen molar-refractivity contribution >= 4 is 29.0 Å². The number of nitrogens with one attached hydrogen (secondary N) is 2. The van der Waals surface area contributed by atoms with E-state index < -0.39 is 0 Å². The number of aromatic amines is 1. The standard InChI is InChI=1S/C15H15FN4O.ClH/c16-11-3-1-2-10-14(11)19-20-12(8-13(21)18-15(10)20)9-4-6-17-7-5-9;/h1-3,8-9,17H,4-7H2,(H,18,21);1H. The van der Waals surface area contributed by atoms with Crippen LogP contribution in [0.5, 0.6) is 0 Å². The van der Waals surface area contributed by atoms with Crippen molar-refractivity contribution in [3.8, 4) is 0 Å². The molecule has 1 aromatic carbocycles. The highest BCUT2D eigenvalue weighted by molar-refractivity contribution is 5.92. The molecule has 0 spiro atoms. The van der Waals surface area contributed by atoms with Gasteiger partial charge in [-0.3, -0.25) is 4.79 Å². The molecule has 1 aliphatic heterocycles. The van der Waals surface area contributed by atoms with Crippen LogP contribution in [0.2, 0.25) is 0 Å². The fourth-order valence-corrected chi connectivity index (χ4v) is 3.14. The van der Waals surface area contributed by atoms with E-state index >= 15 is 0 Å². The number of aromatic nitrogens is 3. The monoisotopic (exact) mass is 322 g/mol. The Hall–Kier alpha value is -1.92. The Labute approximate surface area is 131 Å². The zero-order valence-electron chi connectivity index (χ0n) is 11.8. The third kappa shape index (κ3) is 2.28. The zero-order valence-corrected chi connectivity index (χ0v) is 12.6. The highest BCUT2D eigenvalue weighted by Gasteiger charge is 2.21. The average molecular weight is 323 g/mol. The van der Waals surface area contributed by atoms with E-state index in [9.17, 15) is 9.18 Å². The Balaban J connectivity index is 0.00000144. The van der Waals surface area contributed by atoms with Gasteiger partial charge >= 0.3 is 0 Å². The van der Waals surface area contributed by atoms with Crippen molar-refractivity contribution in [1.82, 2.24) is 19.9 Å². The molecule has 5 nitrogen and oxygen atoms in total. The molecule has 0 unspecified atom stereocenters. The predicted octanol–water partition coefficient (Wildman–Crippen LogP) is 2.20. The van der Waals surface area contributed by atoms with Crippen LogP contribution in [0.4, 0.5) is 4.39 Å². The number of nitrogens with zero attached hydrogens (tertiary/aromatic N) is 2. The summed E-state index contributed by atoms with van der Waals surface area (Å²) in [6.45, 7) is 1.85. The van der Waals surface area contributed by atoms with Gasteiger partial charge in [0.1, 0.15) is 11.2 Å². The van der Waals surface area contributed by atoms with Crippen LogP contribution < -0.4 is 10.9 Å². The molecule has 1 aliphatic rings. The van der Waals surface area contributed by atoms with Crippen molar-refractivity contribution in [2.45, 2.75) is 18.8 Å². The van der Waals surface area contributed by atoms with Crippen LogP contribution in [0.3, 0.4) is 0 Å². The second-order valence-electron chi connectivity index (χ2n) is 5.48. The molecule has 7 heteroatoms. The van der Waals surface area contributed by atoms with Crippen molar-refractivity contribution in [3.05, 3.63) is 46.1 Å². The number of hydrogen-bond donors (Lipinski definition) is 2. The molecule has 0 radical (unpaired) electrons. The largest absolute Gasteiger partial charge is 0.317 e. The summed E-state index contributed by atoms with van der Waals surface area (Å²) < 4.78 is 15.6. The van der Waals surface area contributed by atoms with Crippen molar-refractivity contribution in [2.75, 3.05) is 13.1 Å². The molecule has 0 saturated carbocycles. The molecule has 0 amide bonds. The number of H-pyrrole nitrogens is 1. The normalized spacial score (nSPS) is 16.0. The molecule has 2 aromatic heterocycles. The van der Waals surface area contributed by atoms with Crippen LogP contribution in [-0.4, -0.2) is 27.7 Å². The summed E-state index contributed by atoms with van der Waals surface area (Å²) >= 11 is 0. The lowest BCUT2D eigenvalue weighted by molar-refractivity contribution is 0.446. The molecule has 0 atom stereocenters. The summed E-state index contributed by atoms with van der Waals surface area (Å²) in [5.41, 5.74) is 1.58. The SMILES string of the molecule is Cl.O=c1cc(C2CCNCC2)n2nc3c(F)cccc3c2[nH]1. The number of fused-ring (bicyclic) bond motifs is 3. The van der Waals surface area contributed by atoms with Gasteiger partial charge in [-0.25, -0.2) is 8.91 Å². The van der Waals surface area contributed by atoms with Crippen molar-refractivity contribution in [3.63, 3.8) is 0 Å². The second-order valence-corrected chi connectivity index (χ2v) is 5.48. The summed E-state index contributed by atoms with van der Waals surface area (Å²) in [5.74, 6) is -0.0956. The molecule has 0 bridgehead atoms. The van der Waals surface area contributed by atoms with Gasteiger partial charge in [0.2, 0.25) is 0 Å². The van der Waals surface area contributed by atoms with E-state index in [-0.39, 0.29) is 29.7 Å². The van der Waals surface area contributed by atoms with Gasteiger partial charge in [-0.1, -0.05) is 6.07 Å². The third-order valence-corrected chi connectivity index (χ3v) is 4.18. The summed E-state index contributed by atoms with van der Waals surface area (Å²) in [6.07, 6.45) is 1.91. The van der Waals surface area contributed by atoms with E-state index in [2.05, 4.69) is 15.4 Å². The molecule has 2 N–H and O–H groups in total. The number of piperidine rings is 1. The topological polar surface area (TPSA) is 62.2 Å². The van der Waals surface area contributed by atoms with Crippen molar-refractivity contribution in [2.24, 2.45) is 0 Å². The minimum atomic E-state index is -0.367. The number of rotatable bonds is 1. The van der Waals surface area contributed by atoms with E-state index in [1.54, 1.807) is 22.7 Å². The lowest BCUT2D eigenvalue weighted by atomic mass is 9.94. The molecule has 1 fully saturated rings. The summed E-state index contributed by atoms with van der Waals surface area (Å²) in [7, 11) is 0. The predicted molar refractivity (Wildman–Crippen MR) is 85.4 cm³/mol.